The first kappa shape index (κ1) is 18.3. The molecule has 5 nitrogen and oxygen atoms in total. The average molecular weight is 333 g/mol. The second-order valence-electron chi connectivity index (χ2n) is 7.29. The number of carbonyl (C=O) groups excluding carboxylic acids is 2. The van der Waals surface area contributed by atoms with Gasteiger partial charge in [0.2, 0.25) is 0 Å². The molecule has 1 aromatic rings. The highest BCUT2D eigenvalue weighted by Crippen LogP contribution is 2.28. The Bertz CT molecular complexity index is 564. The highest BCUT2D eigenvalue weighted by atomic mass is 16.6. The summed E-state index contributed by atoms with van der Waals surface area (Å²) in [6, 6.07) is 9.63. The summed E-state index contributed by atoms with van der Waals surface area (Å²) in [4.78, 5) is 26.1. The van der Waals surface area contributed by atoms with E-state index < -0.39 is 17.7 Å². The standard InChI is InChI=1S/C19H27NO4/c1-19(2,3)24-18(22)20-11-10-15(13-16(20)17(21)23-4)12-14-8-6-5-7-9-14/h5-9,15-16H,10-13H2,1-4H3/t15-,16+/m1/s1. The summed E-state index contributed by atoms with van der Waals surface area (Å²) in [5, 5.41) is 0. The summed E-state index contributed by atoms with van der Waals surface area (Å²) in [5.74, 6) is -0.0335. The van der Waals surface area contributed by atoms with Gasteiger partial charge in [-0.1, -0.05) is 30.3 Å². The normalized spacial score (nSPS) is 21.2. The zero-order valence-electron chi connectivity index (χ0n) is 15.0. The lowest BCUT2D eigenvalue weighted by Gasteiger charge is -2.38. The van der Waals surface area contributed by atoms with Crippen molar-refractivity contribution in [2.45, 2.75) is 51.7 Å². The Morgan fingerprint density at radius 2 is 1.88 bits per heavy atom. The number of esters is 1. The van der Waals surface area contributed by atoms with Crippen molar-refractivity contribution in [3.63, 3.8) is 0 Å². The van der Waals surface area contributed by atoms with Crippen LogP contribution in [0.2, 0.25) is 0 Å². The van der Waals surface area contributed by atoms with Crippen molar-refractivity contribution in [1.29, 1.82) is 0 Å². The van der Waals surface area contributed by atoms with Gasteiger partial charge < -0.3 is 9.47 Å². The minimum atomic E-state index is -0.585. The molecule has 0 radical (unpaired) electrons. The molecule has 1 saturated heterocycles. The summed E-state index contributed by atoms with van der Waals surface area (Å²) in [7, 11) is 1.36. The molecule has 1 aromatic carbocycles. The Morgan fingerprint density at radius 1 is 1.21 bits per heavy atom. The number of ether oxygens (including phenoxy) is 2. The molecule has 1 amide bonds. The predicted molar refractivity (Wildman–Crippen MR) is 91.6 cm³/mol. The molecule has 24 heavy (non-hydrogen) atoms. The van der Waals surface area contributed by atoms with Crippen molar-refractivity contribution >= 4 is 12.1 Å². The maximum Gasteiger partial charge on any atom is 0.411 e. The molecule has 0 aliphatic carbocycles. The monoisotopic (exact) mass is 333 g/mol. The van der Waals surface area contributed by atoms with E-state index in [-0.39, 0.29) is 5.97 Å². The summed E-state index contributed by atoms with van der Waals surface area (Å²) in [5.41, 5.74) is 0.662. The molecule has 1 heterocycles. The topological polar surface area (TPSA) is 55.8 Å². The van der Waals surface area contributed by atoms with Gasteiger partial charge in [-0.05, 0) is 51.5 Å². The third-order valence-electron chi connectivity index (χ3n) is 4.18. The minimum Gasteiger partial charge on any atom is -0.467 e. The number of methoxy groups -OCH3 is 1. The maximum atomic E-state index is 12.4. The van der Waals surface area contributed by atoms with E-state index in [1.807, 2.05) is 39.0 Å². The summed E-state index contributed by atoms with van der Waals surface area (Å²) in [6.45, 7) is 5.97. The lowest BCUT2D eigenvalue weighted by Crippen LogP contribution is -2.52. The van der Waals surface area contributed by atoms with Crippen LogP contribution >= 0.6 is 0 Å². The number of carbonyl (C=O) groups is 2. The first-order valence-electron chi connectivity index (χ1n) is 8.41. The second kappa shape index (κ2) is 7.69. The van der Waals surface area contributed by atoms with Crippen LogP contribution in [0, 0.1) is 5.92 Å². The number of piperidine rings is 1. The van der Waals surface area contributed by atoms with E-state index in [4.69, 9.17) is 9.47 Å². The van der Waals surface area contributed by atoms with Gasteiger partial charge in [0.15, 0.2) is 0 Å². The molecule has 0 unspecified atom stereocenters. The van der Waals surface area contributed by atoms with Gasteiger partial charge in [-0.15, -0.1) is 0 Å². The molecular formula is C19H27NO4. The highest BCUT2D eigenvalue weighted by molar-refractivity contribution is 5.81. The molecule has 132 valence electrons. The smallest absolute Gasteiger partial charge is 0.411 e. The first-order chi connectivity index (χ1) is 11.3. The maximum absolute atomic E-state index is 12.4. The van der Waals surface area contributed by atoms with E-state index in [9.17, 15) is 9.59 Å². The van der Waals surface area contributed by atoms with Crippen molar-refractivity contribution < 1.29 is 19.1 Å². The number of rotatable bonds is 3. The van der Waals surface area contributed by atoms with Crippen LogP contribution in [-0.4, -0.2) is 42.3 Å². The lowest BCUT2D eigenvalue weighted by atomic mass is 9.86. The van der Waals surface area contributed by atoms with Crippen molar-refractivity contribution in [2.24, 2.45) is 5.92 Å². The van der Waals surface area contributed by atoms with E-state index in [0.29, 0.717) is 18.9 Å². The molecule has 1 fully saturated rings. The average Bonchev–Trinajstić information content (AvgIpc) is 2.53. The molecule has 0 bridgehead atoms. The SMILES string of the molecule is COC(=O)[C@@H]1C[C@@H](Cc2ccccc2)CCN1C(=O)OC(C)(C)C. The van der Waals surface area contributed by atoms with E-state index in [1.54, 1.807) is 0 Å². The van der Waals surface area contributed by atoms with Gasteiger partial charge in [-0.3, -0.25) is 4.90 Å². The predicted octanol–water partition coefficient (Wildman–Crippen LogP) is 3.42. The second-order valence-corrected chi connectivity index (χ2v) is 7.29. The van der Waals surface area contributed by atoms with Crippen LogP contribution in [0.5, 0.6) is 0 Å². The van der Waals surface area contributed by atoms with E-state index >= 15 is 0 Å². The number of benzene rings is 1. The summed E-state index contributed by atoms with van der Waals surface area (Å²) in [6.07, 6.45) is 1.90. The quantitative estimate of drug-likeness (QED) is 0.795. The zero-order valence-corrected chi connectivity index (χ0v) is 15.0. The first-order valence-corrected chi connectivity index (χ1v) is 8.41. The molecule has 1 aliphatic rings. The molecular weight excluding hydrogens is 306 g/mol. The molecule has 2 atom stereocenters. The van der Waals surface area contributed by atoms with Crippen LogP contribution in [0.1, 0.15) is 39.2 Å². The zero-order chi connectivity index (χ0) is 17.7. The van der Waals surface area contributed by atoms with Gasteiger partial charge in [-0.2, -0.15) is 0 Å². The fourth-order valence-electron chi connectivity index (χ4n) is 3.07. The molecule has 0 N–H and O–H groups in total. The number of hydrogen-bond acceptors (Lipinski definition) is 4. The fraction of sp³-hybridized carbons (Fsp3) is 0.579. The Labute approximate surface area is 143 Å². The van der Waals surface area contributed by atoms with Crippen LogP contribution in [0.3, 0.4) is 0 Å². The van der Waals surface area contributed by atoms with Crippen LogP contribution in [0.25, 0.3) is 0 Å². The van der Waals surface area contributed by atoms with Crippen molar-refractivity contribution in [1.82, 2.24) is 4.90 Å². The van der Waals surface area contributed by atoms with Gasteiger partial charge in [-0.25, -0.2) is 9.59 Å². The van der Waals surface area contributed by atoms with Crippen LogP contribution in [0.4, 0.5) is 4.79 Å². The minimum absolute atomic E-state index is 0.343. The lowest BCUT2D eigenvalue weighted by molar-refractivity contribution is -0.148. The molecule has 0 spiro atoms. The number of amides is 1. The third kappa shape index (κ3) is 4.98. The Hall–Kier alpha value is -2.04. The van der Waals surface area contributed by atoms with Crippen LogP contribution in [0.15, 0.2) is 30.3 Å². The highest BCUT2D eigenvalue weighted by Gasteiger charge is 2.38. The number of nitrogens with zero attached hydrogens (tertiary/aromatic N) is 1. The van der Waals surface area contributed by atoms with Crippen LogP contribution in [-0.2, 0) is 20.7 Å². The molecule has 1 aliphatic heterocycles. The van der Waals surface area contributed by atoms with E-state index in [1.165, 1.54) is 17.6 Å². The van der Waals surface area contributed by atoms with Gasteiger partial charge in [0.1, 0.15) is 11.6 Å². The van der Waals surface area contributed by atoms with Crippen molar-refractivity contribution in [2.75, 3.05) is 13.7 Å². The number of hydrogen-bond donors (Lipinski definition) is 0. The van der Waals surface area contributed by atoms with Gasteiger partial charge >= 0.3 is 12.1 Å². The van der Waals surface area contributed by atoms with Crippen LogP contribution < -0.4 is 0 Å². The molecule has 0 aromatic heterocycles. The van der Waals surface area contributed by atoms with Gasteiger partial charge in [0.25, 0.3) is 0 Å². The summed E-state index contributed by atoms with van der Waals surface area (Å²) >= 11 is 0. The Kier molecular flexibility index (Phi) is 5.86. The largest absolute Gasteiger partial charge is 0.467 e. The molecule has 0 saturated carbocycles. The summed E-state index contributed by atoms with van der Waals surface area (Å²) < 4.78 is 10.3. The Morgan fingerprint density at radius 3 is 2.46 bits per heavy atom. The van der Waals surface area contributed by atoms with Crippen molar-refractivity contribution in [3.8, 4) is 0 Å². The Balaban J connectivity index is 2.07. The molecule has 5 heteroatoms. The van der Waals surface area contributed by atoms with E-state index in [0.717, 1.165) is 12.8 Å². The van der Waals surface area contributed by atoms with E-state index in [2.05, 4.69) is 12.1 Å². The number of likely N-dealkylation sites (tertiary alicyclic amines) is 1. The molecule has 2 rings (SSSR count). The van der Waals surface area contributed by atoms with Gasteiger partial charge in [0, 0.05) is 6.54 Å². The third-order valence-corrected chi connectivity index (χ3v) is 4.18. The van der Waals surface area contributed by atoms with Crippen molar-refractivity contribution in [3.05, 3.63) is 35.9 Å². The van der Waals surface area contributed by atoms with Gasteiger partial charge in [0.05, 0.1) is 7.11 Å². The fourth-order valence-corrected chi connectivity index (χ4v) is 3.07.